The molecular weight excluding hydrogens is 381 g/mol. The van der Waals surface area contributed by atoms with Gasteiger partial charge in [0.15, 0.2) is 0 Å². The molecule has 0 bridgehead atoms. The van der Waals surface area contributed by atoms with Crippen LogP contribution < -0.4 is 10.1 Å². The standard InChI is InChI=1S/C22H25F3N2O2/c1-27(2)19(16-6-4-5-7-20(16)29-3)13-26-21(28)18-12-17(18)14-8-10-15(11-9-14)22(23,24)25/h4-11,17-19H,12-13H2,1-3H3,(H,26,28). The molecule has 2 aromatic rings. The first-order chi connectivity index (χ1) is 13.7. The molecule has 0 radical (unpaired) electrons. The van der Waals surface area contributed by atoms with Gasteiger partial charge in [-0.15, -0.1) is 0 Å². The van der Waals surface area contributed by atoms with Crippen LogP contribution in [0.1, 0.15) is 35.1 Å². The molecule has 29 heavy (non-hydrogen) atoms. The van der Waals surface area contributed by atoms with E-state index >= 15 is 0 Å². The summed E-state index contributed by atoms with van der Waals surface area (Å²) in [7, 11) is 5.49. The molecule has 1 N–H and O–H groups in total. The highest BCUT2D eigenvalue weighted by atomic mass is 19.4. The fourth-order valence-electron chi connectivity index (χ4n) is 3.61. The second kappa shape index (κ2) is 8.45. The zero-order valence-corrected chi connectivity index (χ0v) is 16.7. The molecule has 1 fully saturated rings. The highest BCUT2D eigenvalue weighted by Crippen LogP contribution is 2.48. The normalized spacial score (nSPS) is 19.7. The van der Waals surface area contributed by atoms with Crippen molar-refractivity contribution in [1.82, 2.24) is 10.2 Å². The number of para-hydroxylation sites is 1. The van der Waals surface area contributed by atoms with Crippen molar-refractivity contribution >= 4 is 5.91 Å². The number of carbonyl (C=O) groups is 1. The number of alkyl halides is 3. The molecule has 1 amide bonds. The van der Waals surface area contributed by atoms with Crippen molar-refractivity contribution in [3.63, 3.8) is 0 Å². The zero-order valence-electron chi connectivity index (χ0n) is 16.7. The van der Waals surface area contributed by atoms with Crippen molar-refractivity contribution < 1.29 is 22.7 Å². The first-order valence-electron chi connectivity index (χ1n) is 9.46. The van der Waals surface area contributed by atoms with E-state index in [-0.39, 0.29) is 23.8 Å². The van der Waals surface area contributed by atoms with Gasteiger partial charge in [-0.25, -0.2) is 0 Å². The van der Waals surface area contributed by atoms with Crippen LogP contribution in [0.25, 0.3) is 0 Å². The number of carbonyl (C=O) groups excluding carboxylic acids is 1. The van der Waals surface area contributed by atoms with Crippen LogP contribution in [0, 0.1) is 5.92 Å². The third-order valence-electron chi connectivity index (χ3n) is 5.38. The van der Waals surface area contributed by atoms with Crippen LogP contribution >= 0.6 is 0 Å². The summed E-state index contributed by atoms with van der Waals surface area (Å²) >= 11 is 0. The monoisotopic (exact) mass is 406 g/mol. The fraction of sp³-hybridized carbons (Fsp3) is 0.409. The predicted octanol–water partition coefficient (Wildman–Crippen LogP) is 4.24. The van der Waals surface area contributed by atoms with E-state index in [9.17, 15) is 18.0 Å². The summed E-state index contributed by atoms with van der Waals surface area (Å²) in [4.78, 5) is 14.6. The Morgan fingerprint density at radius 3 is 2.41 bits per heavy atom. The largest absolute Gasteiger partial charge is 0.496 e. The molecule has 0 spiro atoms. The Hall–Kier alpha value is -2.54. The van der Waals surface area contributed by atoms with E-state index in [1.807, 2.05) is 43.3 Å². The van der Waals surface area contributed by atoms with Gasteiger partial charge in [0, 0.05) is 18.0 Å². The van der Waals surface area contributed by atoms with E-state index in [1.165, 1.54) is 12.1 Å². The summed E-state index contributed by atoms with van der Waals surface area (Å²) < 4.78 is 43.5. The third-order valence-corrected chi connectivity index (χ3v) is 5.38. The van der Waals surface area contributed by atoms with Crippen LogP contribution in [0.2, 0.25) is 0 Å². The quantitative estimate of drug-likeness (QED) is 0.748. The molecule has 3 rings (SSSR count). The summed E-state index contributed by atoms with van der Waals surface area (Å²) in [6, 6.07) is 12.7. The van der Waals surface area contributed by atoms with Crippen LogP contribution in [-0.2, 0) is 11.0 Å². The number of likely N-dealkylation sites (N-methyl/N-ethyl adjacent to an activating group) is 1. The molecule has 4 nitrogen and oxygen atoms in total. The Kier molecular flexibility index (Phi) is 6.17. The number of hydrogen-bond donors (Lipinski definition) is 1. The van der Waals surface area contributed by atoms with Gasteiger partial charge < -0.3 is 15.0 Å². The molecule has 0 aromatic heterocycles. The number of benzene rings is 2. The van der Waals surface area contributed by atoms with Gasteiger partial charge in [-0.1, -0.05) is 30.3 Å². The maximum atomic E-state index is 12.7. The van der Waals surface area contributed by atoms with Gasteiger partial charge in [-0.2, -0.15) is 13.2 Å². The van der Waals surface area contributed by atoms with Crippen molar-refractivity contribution in [1.29, 1.82) is 0 Å². The van der Waals surface area contributed by atoms with Gasteiger partial charge in [0.05, 0.1) is 18.7 Å². The lowest BCUT2D eigenvalue weighted by atomic mass is 10.0. The van der Waals surface area contributed by atoms with Crippen LogP contribution in [0.3, 0.4) is 0 Å². The minimum Gasteiger partial charge on any atom is -0.496 e. The van der Waals surface area contributed by atoms with Gasteiger partial charge >= 0.3 is 6.18 Å². The van der Waals surface area contributed by atoms with Crippen molar-refractivity contribution in [2.45, 2.75) is 24.6 Å². The molecule has 2 aromatic carbocycles. The average molecular weight is 406 g/mol. The van der Waals surface area contributed by atoms with E-state index in [0.29, 0.717) is 13.0 Å². The lowest BCUT2D eigenvalue weighted by Crippen LogP contribution is -2.35. The first kappa shape index (κ1) is 21.2. The molecule has 7 heteroatoms. The van der Waals surface area contributed by atoms with Crippen molar-refractivity contribution in [3.8, 4) is 5.75 Å². The van der Waals surface area contributed by atoms with Gasteiger partial charge in [0.25, 0.3) is 0 Å². The highest BCUT2D eigenvalue weighted by Gasteiger charge is 2.44. The topological polar surface area (TPSA) is 41.6 Å². The molecular formula is C22H25F3N2O2. The minimum atomic E-state index is -4.35. The van der Waals surface area contributed by atoms with Gasteiger partial charge in [0.1, 0.15) is 5.75 Å². The van der Waals surface area contributed by atoms with Gasteiger partial charge in [-0.3, -0.25) is 4.79 Å². The lowest BCUT2D eigenvalue weighted by Gasteiger charge is -2.26. The SMILES string of the molecule is COc1ccccc1C(CNC(=O)C1CC1c1ccc(C(F)(F)F)cc1)N(C)C. The van der Waals surface area contributed by atoms with E-state index in [1.54, 1.807) is 7.11 Å². The molecule has 0 heterocycles. The van der Waals surface area contributed by atoms with E-state index in [0.717, 1.165) is 29.0 Å². The van der Waals surface area contributed by atoms with Crippen molar-refractivity contribution in [3.05, 3.63) is 65.2 Å². The number of hydrogen-bond acceptors (Lipinski definition) is 3. The number of nitrogens with one attached hydrogen (secondary N) is 1. The maximum Gasteiger partial charge on any atom is 0.416 e. The number of nitrogens with zero attached hydrogens (tertiary/aromatic N) is 1. The van der Waals surface area contributed by atoms with Gasteiger partial charge in [0.2, 0.25) is 5.91 Å². The Bertz CT molecular complexity index is 850. The molecule has 3 atom stereocenters. The lowest BCUT2D eigenvalue weighted by molar-refractivity contribution is -0.137. The summed E-state index contributed by atoms with van der Waals surface area (Å²) in [6.07, 6.45) is -3.70. The second-order valence-corrected chi connectivity index (χ2v) is 7.53. The maximum absolute atomic E-state index is 12.7. The third kappa shape index (κ3) is 4.90. The Morgan fingerprint density at radius 2 is 1.83 bits per heavy atom. The van der Waals surface area contributed by atoms with Crippen LogP contribution in [0.4, 0.5) is 13.2 Å². The van der Waals surface area contributed by atoms with E-state index in [4.69, 9.17) is 4.74 Å². The second-order valence-electron chi connectivity index (χ2n) is 7.53. The first-order valence-corrected chi connectivity index (χ1v) is 9.46. The Morgan fingerprint density at radius 1 is 1.17 bits per heavy atom. The summed E-state index contributed by atoms with van der Waals surface area (Å²) in [6.45, 7) is 0.419. The predicted molar refractivity (Wildman–Crippen MR) is 105 cm³/mol. The van der Waals surface area contributed by atoms with Gasteiger partial charge in [-0.05, 0) is 50.2 Å². The van der Waals surface area contributed by atoms with E-state index < -0.39 is 11.7 Å². The summed E-state index contributed by atoms with van der Waals surface area (Å²) in [5.74, 6) is 0.458. The summed E-state index contributed by atoms with van der Waals surface area (Å²) in [5.41, 5.74) is 1.08. The molecule has 0 aliphatic heterocycles. The molecule has 3 unspecified atom stereocenters. The van der Waals surface area contributed by atoms with E-state index in [2.05, 4.69) is 5.32 Å². The van der Waals surface area contributed by atoms with Crippen molar-refractivity contribution in [2.24, 2.45) is 5.92 Å². The zero-order chi connectivity index (χ0) is 21.2. The Balaban J connectivity index is 1.61. The Labute approximate surface area is 168 Å². The summed E-state index contributed by atoms with van der Waals surface area (Å²) in [5, 5.41) is 3.00. The number of methoxy groups -OCH3 is 1. The fourth-order valence-corrected chi connectivity index (χ4v) is 3.61. The molecule has 156 valence electrons. The molecule has 0 saturated heterocycles. The number of halogens is 3. The number of rotatable bonds is 7. The molecule has 1 aliphatic carbocycles. The average Bonchev–Trinajstić information content (AvgIpc) is 3.48. The van der Waals surface area contributed by atoms with Crippen molar-refractivity contribution in [2.75, 3.05) is 27.7 Å². The molecule has 1 saturated carbocycles. The van der Waals surface area contributed by atoms with Crippen LogP contribution in [-0.4, -0.2) is 38.6 Å². The molecule has 1 aliphatic rings. The smallest absolute Gasteiger partial charge is 0.416 e. The van der Waals surface area contributed by atoms with Crippen LogP contribution in [0.15, 0.2) is 48.5 Å². The minimum absolute atomic E-state index is 0.0265. The highest BCUT2D eigenvalue weighted by molar-refractivity contribution is 5.83. The number of ether oxygens (including phenoxy) is 1. The number of amides is 1. The van der Waals surface area contributed by atoms with Crippen LogP contribution in [0.5, 0.6) is 5.75 Å².